The molecule has 0 spiro atoms. The fourth-order valence-electron chi connectivity index (χ4n) is 2.15. The predicted octanol–water partition coefficient (Wildman–Crippen LogP) is 1.94. The fraction of sp³-hybridized carbons (Fsp3) is 0.462. The normalized spacial score (nSPS) is 17.0. The van der Waals surface area contributed by atoms with Crippen LogP contribution >= 0.6 is 0 Å². The number of nitrogens with two attached hydrogens (primary N) is 1. The zero-order chi connectivity index (χ0) is 12.1. The van der Waals surface area contributed by atoms with E-state index in [1.54, 1.807) is 0 Å². The van der Waals surface area contributed by atoms with Gasteiger partial charge >= 0.3 is 0 Å². The van der Waals surface area contributed by atoms with Crippen LogP contribution < -0.4 is 10.6 Å². The van der Waals surface area contributed by atoms with Crippen molar-refractivity contribution >= 4 is 11.5 Å². The molecule has 0 radical (unpaired) electrons. The molecule has 17 heavy (non-hydrogen) atoms. The van der Waals surface area contributed by atoms with Gasteiger partial charge in [-0.05, 0) is 43.5 Å². The van der Waals surface area contributed by atoms with Gasteiger partial charge in [0.2, 0.25) is 0 Å². The quantitative estimate of drug-likeness (QED) is 0.493. The van der Waals surface area contributed by atoms with Crippen LogP contribution in [0.5, 0.6) is 0 Å². The molecule has 1 aromatic carbocycles. The maximum Gasteiger partial charge on any atom is 0.170 e. The second-order valence-corrected chi connectivity index (χ2v) is 4.25. The van der Waals surface area contributed by atoms with Crippen molar-refractivity contribution in [3.8, 4) is 0 Å². The zero-order valence-corrected chi connectivity index (χ0v) is 10.2. The minimum absolute atomic E-state index is 0.415. The number of anilines is 1. The van der Waals surface area contributed by atoms with Crippen molar-refractivity contribution in [2.45, 2.75) is 19.3 Å². The Hall–Kier alpha value is -1.71. The van der Waals surface area contributed by atoms with Crippen LogP contribution in [0, 0.1) is 0 Å². The average Bonchev–Trinajstić information content (AvgIpc) is 2.40. The van der Waals surface area contributed by atoms with E-state index in [4.69, 9.17) is 5.73 Å². The Morgan fingerprint density at radius 1 is 1.18 bits per heavy atom. The first-order chi connectivity index (χ1) is 8.31. The highest BCUT2D eigenvalue weighted by molar-refractivity contribution is 5.97. The lowest BCUT2D eigenvalue weighted by Gasteiger charge is -2.28. The number of hydrogen-bond donors (Lipinski definition) is 1. The van der Waals surface area contributed by atoms with Gasteiger partial charge in [-0.25, -0.2) is 0 Å². The van der Waals surface area contributed by atoms with E-state index in [1.165, 1.54) is 32.1 Å². The highest BCUT2D eigenvalue weighted by Crippen LogP contribution is 2.20. The molecule has 0 atom stereocenters. The van der Waals surface area contributed by atoms with Crippen molar-refractivity contribution in [2.75, 3.05) is 25.1 Å². The molecule has 4 heteroatoms. The van der Waals surface area contributed by atoms with Crippen LogP contribution in [0.15, 0.2) is 29.4 Å². The van der Waals surface area contributed by atoms with Crippen LogP contribution in [0.25, 0.3) is 0 Å². The summed E-state index contributed by atoms with van der Waals surface area (Å²) in [5.41, 5.74) is 7.90. The zero-order valence-electron chi connectivity index (χ0n) is 10.2. The highest BCUT2D eigenvalue weighted by Gasteiger charge is 2.10. The molecule has 0 amide bonds. The third-order valence-corrected chi connectivity index (χ3v) is 3.07. The van der Waals surface area contributed by atoms with Gasteiger partial charge in [0.1, 0.15) is 7.11 Å². The molecule has 1 saturated heterocycles. The first-order valence-corrected chi connectivity index (χ1v) is 6.03. The molecule has 0 unspecified atom stereocenters. The molecule has 92 valence electrons. The third-order valence-electron chi connectivity index (χ3n) is 3.07. The van der Waals surface area contributed by atoms with Gasteiger partial charge < -0.3 is 15.5 Å². The molecule has 4 nitrogen and oxygen atoms in total. The number of oxime groups is 1. The Bertz CT molecular complexity index is 380. The van der Waals surface area contributed by atoms with E-state index in [-0.39, 0.29) is 0 Å². The number of amidine groups is 1. The molecule has 0 bridgehead atoms. The van der Waals surface area contributed by atoms with E-state index < -0.39 is 0 Å². The lowest BCUT2D eigenvalue weighted by Crippen LogP contribution is -2.29. The van der Waals surface area contributed by atoms with Crippen molar-refractivity contribution in [3.63, 3.8) is 0 Å². The summed E-state index contributed by atoms with van der Waals surface area (Å²) in [7, 11) is 1.50. The number of hydrogen-bond acceptors (Lipinski definition) is 3. The van der Waals surface area contributed by atoms with Crippen LogP contribution in [0.2, 0.25) is 0 Å². The molecular formula is C13H19N3O. The predicted molar refractivity (Wildman–Crippen MR) is 70.2 cm³/mol. The fourth-order valence-corrected chi connectivity index (χ4v) is 2.15. The molecule has 2 N–H and O–H groups in total. The van der Waals surface area contributed by atoms with Crippen LogP contribution in [0.1, 0.15) is 24.8 Å². The van der Waals surface area contributed by atoms with Crippen molar-refractivity contribution < 1.29 is 4.84 Å². The van der Waals surface area contributed by atoms with E-state index in [1.807, 2.05) is 12.1 Å². The van der Waals surface area contributed by atoms with Crippen molar-refractivity contribution in [3.05, 3.63) is 29.8 Å². The van der Waals surface area contributed by atoms with Gasteiger partial charge in [0.05, 0.1) is 0 Å². The van der Waals surface area contributed by atoms with Crippen molar-refractivity contribution in [2.24, 2.45) is 10.9 Å². The van der Waals surface area contributed by atoms with E-state index in [2.05, 4.69) is 27.0 Å². The molecule has 2 rings (SSSR count). The molecule has 0 aromatic heterocycles. The minimum Gasteiger partial charge on any atom is -0.397 e. The largest absolute Gasteiger partial charge is 0.397 e. The molecule has 0 saturated carbocycles. The van der Waals surface area contributed by atoms with E-state index in [9.17, 15) is 0 Å². The number of piperidine rings is 1. The van der Waals surface area contributed by atoms with Gasteiger partial charge in [-0.3, -0.25) is 0 Å². The van der Waals surface area contributed by atoms with Gasteiger partial charge in [0.15, 0.2) is 5.84 Å². The maximum atomic E-state index is 5.75. The Morgan fingerprint density at radius 2 is 1.82 bits per heavy atom. The lowest BCUT2D eigenvalue weighted by atomic mass is 10.1. The monoisotopic (exact) mass is 233 g/mol. The number of nitrogens with zero attached hydrogens (tertiary/aromatic N) is 2. The molecule has 0 aliphatic carbocycles. The maximum absolute atomic E-state index is 5.75. The van der Waals surface area contributed by atoms with Gasteiger partial charge in [-0.15, -0.1) is 0 Å². The summed E-state index contributed by atoms with van der Waals surface area (Å²) < 4.78 is 0. The standard InChI is InChI=1S/C13H19N3O/c1-17-15-13(14)11-5-7-12(8-6-11)16-9-3-2-4-10-16/h5-8H,2-4,9-10H2,1H3,(H2,14,15). The molecule has 1 heterocycles. The smallest absolute Gasteiger partial charge is 0.170 e. The summed E-state index contributed by atoms with van der Waals surface area (Å²) in [6.07, 6.45) is 3.92. The summed E-state index contributed by atoms with van der Waals surface area (Å²) >= 11 is 0. The molecule has 1 aliphatic heterocycles. The Labute approximate surface area is 102 Å². The van der Waals surface area contributed by atoms with E-state index in [0.29, 0.717) is 5.84 Å². The van der Waals surface area contributed by atoms with Crippen molar-refractivity contribution in [1.29, 1.82) is 0 Å². The number of benzene rings is 1. The van der Waals surface area contributed by atoms with Gasteiger partial charge in [0, 0.05) is 24.3 Å². The van der Waals surface area contributed by atoms with Crippen LogP contribution in [0.4, 0.5) is 5.69 Å². The first kappa shape index (κ1) is 11.8. The SMILES string of the molecule is CO/N=C(\N)c1ccc(N2CCCCC2)cc1. The lowest BCUT2D eigenvalue weighted by molar-refractivity contribution is 0.213. The molecular weight excluding hydrogens is 214 g/mol. The summed E-state index contributed by atoms with van der Waals surface area (Å²) in [6, 6.07) is 8.17. The summed E-state index contributed by atoms with van der Waals surface area (Å²) in [5.74, 6) is 0.415. The van der Waals surface area contributed by atoms with Crippen LogP contribution in [-0.4, -0.2) is 26.0 Å². The summed E-state index contributed by atoms with van der Waals surface area (Å²) in [6.45, 7) is 2.31. The number of rotatable bonds is 3. The van der Waals surface area contributed by atoms with Gasteiger partial charge in [-0.2, -0.15) is 0 Å². The highest BCUT2D eigenvalue weighted by atomic mass is 16.6. The summed E-state index contributed by atoms with van der Waals surface area (Å²) in [4.78, 5) is 7.07. The van der Waals surface area contributed by atoms with Gasteiger partial charge in [0.25, 0.3) is 0 Å². The molecule has 1 fully saturated rings. The van der Waals surface area contributed by atoms with Crippen LogP contribution in [0.3, 0.4) is 0 Å². The Morgan fingerprint density at radius 3 is 2.41 bits per heavy atom. The second-order valence-electron chi connectivity index (χ2n) is 4.25. The third kappa shape index (κ3) is 2.90. The average molecular weight is 233 g/mol. The molecule has 1 aromatic rings. The molecule has 1 aliphatic rings. The van der Waals surface area contributed by atoms with Crippen molar-refractivity contribution in [1.82, 2.24) is 0 Å². The van der Waals surface area contributed by atoms with Crippen LogP contribution in [-0.2, 0) is 4.84 Å². The Balaban J connectivity index is 2.09. The topological polar surface area (TPSA) is 50.9 Å². The Kier molecular flexibility index (Phi) is 3.85. The van der Waals surface area contributed by atoms with E-state index in [0.717, 1.165) is 18.7 Å². The summed E-state index contributed by atoms with van der Waals surface area (Å²) in [5, 5.41) is 3.72. The van der Waals surface area contributed by atoms with E-state index >= 15 is 0 Å². The second kappa shape index (κ2) is 5.57. The first-order valence-electron chi connectivity index (χ1n) is 6.03. The minimum atomic E-state index is 0.415. The van der Waals surface area contributed by atoms with Gasteiger partial charge in [-0.1, -0.05) is 5.16 Å².